The van der Waals surface area contributed by atoms with E-state index in [0.29, 0.717) is 34.5 Å². The van der Waals surface area contributed by atoms with Gasteiger partial charge in [-0.25, -0.2) is 0 Å². The Morgan fingerprint density at radius 2 is 1.71 bits per heavy atom. The SMILES string of the molecule is COc1cc2cncc(Cc3coc4ccc(C)cc4c3=O)c2cc1OC.Cl. The molecule has 0 amide bonds. The number of nitrogens with zero attached hydrogens (tertiary/aromatic N) is 1. The smallest absolute Gasteiger partial charge is 0.196 e. The number of benzene rings is 2. The molecule has 0 N–H and O–H groups in total. The van der Waals surface area contributed by atoms with Crippen LogP contribution in [0.3, 0.4) is 0 Å². The molecule has 2 aromatic carbocycles. The summed E-state index contributed by atoms with van der Waals surface area (Å²) in [5.74, 6) is 1.28. The highest BCUT2D eigenvalue weighted by molar-refractivity contribution is 5.88. The van der Waals surface area contributed by atoms with E-state index in [1.807, 2.05) is 37.3 Å². The van der Waals surface area contributed by atoms with E-state index in [4.69, 9.17) is 13.9 Å². The first-order chi connectivity index (χ1) is 13.1. The van der Waals surface area contributed by atoms with Crippen LogP contribution >= 0.6 is 12.4 Å². The minimum Gasteiger partial charge on any atom is -0.493 e. The van der Waals surface area contributed by atoms with Crippen molar-refractivity contribution < 1.29 is 13.9 Å². The van der Waals surface area contributed by atoms with Gasteiger partial charge in [-0.2, -0.15) is 0 Å². The van der Waals surface area contributed by atoms with Gasteiger partial charge in [0, 0.05) is 29.8 Å². The van der Waals surface area contributed by atoms with Crippen LogP contribution in [0.15, 0.2) is 58.2 Å². The number of hydrogen-bond acceptors (Lipinski definition) is 5. The summed E-state index contributed by atoms with van der Waals surface area (Å²) < 4.78 is 16.5. The molecule has 0 saturated heterocycles. The summed E-state index contributed by atoms with van der Waals surface area (Å²) in [6.45, 7) is 1.96. The molecule has 0 unspecified atom stereocenters. The van der Waals surface area contributed by atoms with E-state index < -0.39 is 0 Å². The lowest BCUT2D eigenvalue weighted by atomic mass is 10.00. The molecule has 0 saturated carbocycles. The second-order valence-electron chi connectivity index (χ2n) is 6.49. The van der Waals surface area contributed by atoms with Gasteiger partial charge < -0.3 is 13.9 Å². The topological polar surface area (TPSA) is 61.6 Å². The van der Waals surface area contributed by atoms with Crippen LogP contribution in [0.1, 0.15) is 16.7 Å². The Bertz CT molecular complexity index is 1220. The molecule has 0 bridgehead atoms. The number of rotatable bonds is 4. The van der Waals surface area contributed by atoms with Crippen molar-refractivity contribution in [3.8, 4) is 11.5 Å². The van der Waals surface area contributed by atoms with Crippen molar-refractivity contribution in [3.63, 3.8) is 0 Å². The van der Waals surface area contributed by atoms with Gasteiger partial charge >= 0.3 is 0 Å². The van der Waals surface area contributed by atoms with E-state index in [1.165, 1.54) is 0 Å². The fourth-order valence-corrected chi connectivity index (χ4v) is 3.31. The molecule has 2 aromatic heterocycles. The number of aryl methyl sites for hydroxylation is 1. The first-order valence-corrected chi connectivity index (χ1v) is 8.60. The summed E-state index contributed by atoms with van der Waals surface area (Å²) in [6, 6.07) is 9.42. The number of ether oxygens (including phenoxy) is 2. The Morgan fingerprint density at radius 1 is 0.964 bits per heavy atom. The average molecular weight is 398 g/mol. The molecule has 5 nitrogen and oxygen atoms in total. The van der Waals surface area contributed by atoms with Crippen LogP contribution < -0.4 is 14.9 Å². The minimum absolute atomic E-state index is 0. The summed E-state index contributed by atoms with van der Waals surface area (Å²) in [5, 5.41) is 2.48. The van der Waals surface area contributed by atoms with Crippen molar-refractivity contribution in [1.82, 2.24) is 4.98 Å². The van der Waals surface area contributed by atoms with Crippen LogP contribution in [0, 0.1) is 6.92 Å². The number of methoxy groups -OCH3 is 2. The molecule has 0 atom stereocenters. The lowest BCUT2D eigenvalue weighted by Crippen LogP contribution is -2.09. The lowest BCUT2D eigenvalue weighted by Gasteiger charge is -2.11. The predicted molar refractivity (Wildman–Crippen MR) is 112 cm³/mol. The zero-order valence-corrected chi connectivity index (χ0v) is 16.6. The lowest BCUT2D eigenvalue weighted by molar-refractivity contribution is 0.356. The van der Waals surface area contributed by atoms with E-state index in [1.54, 1.807) is 32.9 Å². The highest BCUT2D eigenvalue weighted by Crippen LogP contribution is 2.33. The number of halogens is 1. The maximum Gasteiger partial charge on any atom is 0.196 e. The third kappa shape index (κ3) is 3.41. The molecule has 0 fully saturated rings. The first-order valence-electron chi connectivity index (χ1n) is 8.60. The third-order valence-corrected chi connectivity index (χ3v) is 4.73. The number of hydrogen-bond donors (Lipinski definition) is 0. The average Bonchev–Trinajstić information content (AvgIpc) is 2.69. The fraction of sp³-hybridized carbons (Fsp3) is 0.182. The van der Waals surface area contributed by atoms with Gasteiger partial charge in [0.25, 0.3) is 0 Å². The second kappa shape index (κ2) is 7.90. The van der Waals surface area contributed by atoms with E-state index in [-0.39, 0.29) is 17.8 Å². The summed E-state index contributed by atoms with van der Waals surface area (Å²) in [5.41, 5.74) is 3.12. The van der Waals surface area contributed by atoms with Crippen molar-refractivity contribution in [3.05, 3.63) is 75.9 Å². The van der Waals surface area contributed by atoms with Crippen molar-refractivity contribution in [2.24, 2.45) is 0 Å². The van der Waals surface area contributed by atoms with Crippen LogP contribution in [0.4, 0.5) is 0 Å². The van der Waals surface area contributed by atoms with Crippen molar-refractivity contribution in [1.29, 1.82) is 0 Å². The molecule has 28 heavy (non-hydrogen) atoms. The van der Waals surface area contributed by atoms with Gasteiger partial charge in [-0.1, -0.05) is 11.6 Å². The molecule has 0 spiro atoms. The molecule has 144 valence electrons. The maximum absolute atomic E-state index is 12.9. The quantitative estimate of drug-likeness (QED) is 0.500. The molecule has 0 aliphatic rings. The zero-order valence-electron chi connectivity index (χ0n) is 15.8. The van der Waals surface area contributed by atoms with Crippen LogP contribution in [-0.2, 0) is 6.42 Å². The van der Waals surface area contributed by atoms with Crippen molar-refractivity contribution in [2.75, 3.05) is 14.2 Å². The van der Waals surface area contributed by atoms with Gasteiger partial charge in [-0.15, -0.1) is 12.4 Å². The number of pyridine rings is 1. The molecule has 0 radical (unpaired) electrons. The Labute approximate surface area is 168 Å². The van der Waals surface area contributed by atoms with Crippen LogP contribution in [-0.4, -0.2) is 19.2 Å². The number of aromatic nitrogens is 1. The van der Waals surface area contributed by atoms with E-state index >= 15 is 0 Å². The monoisotopic (exact) mass is 397 g/mol. The van der Waals surface area contributed by atoms with Gasteiger partial charge in [-0.05, 0) is 42.1 Å². The van der Waals surface area contributed by atoms with Gasteiger partial charge in [-0.3, -0.25) is 9.78 Å². The molecular weight excluding hydrogens is 378 g/mol. The molecule has 0 aliphatic carbocycles. The fourth-order valence-electron chi connectivity index (χ4n) is 3.31. The highest BCUT2D eigenvalue weighted by atomic mass is 35.5. The van der Waals surface area contributed by atoms with Gasteiger partial charge in [0.05, 0.1) is 25.9 Å². The van der Waals surface area contributed by atoms with E-state index in [0.717, 1.165) is 21.9 Å². The second-order valence-corrected chi connectivity index (χ2v) is 6.49. The molecular formula is C22H20ClNO4. The summed E-state index contributed by atoms with van der Waals surface area (Å²) in [6.07, 6.45) is 5.51. The van der Waals surface area contributed by atoms with Crippen molar-refractivity contribution >= 4 is 34.1 Å². The van der Waals surface area contributed by atoms with E-state index in [2.05, 4.69) is 4.98 Å². The number of fused-ring (bicyclic) bond motifs is 2. The van der Waals surface area contributed by atoms with Gasteiger partial charge in [0.15, 0.2) is 16.9 Å². The Hall–Kier alpha value is -3.05. The highest BCUT2D eigenvalue weighted by Gasteiger charge is 2.13. The third-order valence-electron chi connectivity index (χ3n) is 4.73. The standard InChI is InChI=1S/C22H19NO4.ClH/c1-13-4-5-19-18(6-13)22(24)16(12-27-19)7-14-10-23-11-15-8-20(25-2)21(26-3)9-17(14)15;/h4-6,8-12H,7H2,1-3H3;1H. The van der Waals surface area contributed by atoms with Gasteiger partial charge in [0.1, 0.15) is 5.58 Å². The van der Waals surface area contributed by atoms with Crippen LogP contribution in [0.25, 0.3) is 21.7 Å². The maximum atomic E-state index is 12.9. The first kappa shape index (κ1) is 19.7. The molecule has 2 heterocycles. The van der Waals surface area contributed by atoms with Crippen molar-refractivity contribution in [2.45, 2.75) is 13.3 Å². The normalized spacial score (nSPS) is 10.7. The predicted octanol–water partition coefficient (Wildman–Crippen LogP) is 4.68. The molecule has 6 heteroatoms. The molecule has 4 aromatic rings. The Balaban J connectivity index is 0.00000225. The molecule has 0 aliphatic heterocycles. The Kier molecular flexibility index (Phi) is 5.56. The zero-order chi connectivity index (χ0) is 19.0. The largest absolute Gasteiger partial charge is 0.493 e. The summed E-state index contributed by atoms with van der Waals surface area (Å²) in [4.78, 5) is 17.2. The van der Waals surface area contributed by atoms with Crippen LogP contribution in [0.5, 0.6) is 11.5 Å². The molecule has 4 rings (SSSR count). The minimum atomic E-state index is -0.0163. The van der Waals surface area contributed by atoms with Crippen LogP contribution in [0.2, 0.25) is 0 Å². The van der Waals surface area contributed by atoms with Gasteiger partial charge in [0.2, 0.25) is 0 Å². The summed E-state index contributed by atoms with van der Waals surface area (Å²) in [7, 11) is 3.20. The van der Waals surface area contributed by atoms with E-state index in [9.17, 15) is 4.79 Å². The Morgan fingerprint density at radius 3 is 2.46 bits per heavy atom. The summed E-state index contributed by atoms with van der Waals surface area (Å²) >= 11 is 0.